The summed E-state index contributed by atoms with van der Waals surface area (Å²) in [5, 5.41) is 4.42. The number of nitrogens with zero attached hydrogens (tertiary/aromatic N) is 3. The molecule has 0 bridgehead atoms. The van der Waals surface area contributed by atoms with Crippen molar-refractivity contribution in [1.29, 1.82) is 0 Å². The molecular weight excluding hydrogens is 555 g/mol. The summed E-state index contributed by atoms with van der Waals surface area (Å²) < 4.78 is 49.6. The Morgan fingerprint density at radius 2 is 1.75 bits per heavy atom. The lowest BCUT2D eigenvalue weighted by Crippen LogP contribution is -2.39. The zero-order valence-corrected chi connectivity index (χ0v) is 23.7. The third kappa shape index (κ3) is 6.35. The molecule has 0 aliphatic heterocycles. The highest BCUT2D eigenvalue weighted by molar-refractivity contribution is 7.92. The lowest BCUT2D eigenvalue weighted by molar-refractivity contribution is -0.119. The van der Waals surface area contributed by atoms with Crippen LogP contribution in [0.4, 0.5) is 10.1 Å². The third-order valence-corrected chi connectivity index (χ3v) is 8.12. The summed E-state index contributed by atoms with van der Waals surface area (Å²) in [6.07, 6.45) is 1.44. The van der Waals surface area contributed by atoms with Crippen LogP contribution in [0.3, 0.4) is 0 Å². The standard InChI is InChI=1S/C29H28ClFN4O4S/c1-4-39-25-13-11-24(12-14-25)34(40(37,38)26-15-9-23(30)10-16-26)19-29(36)33-32-18-22-17-20(2)35(21(22)3)28-8-6-5-7-27(28)31/h5-18H,4,19H2,1-3H3,(H,33,36)/b32-18-. The maximum absolute atomic E-state index is 14.4. The second-order valence-corrected chi connectivity index (χ2v) is 11.1. The fourth-order valence-corrected chi connectivity index (χ4v) is 5.73. The number of hydrogen-bond donors (Lipinski definition) is 1. The molecule has 11 heteroatoms. The zero-order valence-electron chi connectivity index (χ0n) is 22.1. The van der Waals surface area contributed by atoms with Crippen molar-refractivity contribution < 1.29 is 22.3 Å². The fourth-order valence-electron chi connectivity index (χ4n) is 4.19. The lowest BCUT2D eigenvalue weighted by Gasteiger charge is -2.24. The van der Waals surface area contributed by atoms with Crippen LogP contribution < -0.4 is 14.5 Å². The molecule has 1 heterocycles. The van der Waals surface area contributed by atoms with Crippen LogP contribution in [0.2, 0.25) is 5.02 Å². The van der Waals surface area contributed by atoms with Crippen LogP contribution in [0, 0.1) is 19.7 Å². The van der Waals surface area contributed by atoms with Gasteiger partial charge in [0.25, 0.3) is 15.9 Å². The second kappa shape index (κ2) is 12.4. The number of amides is 1. The van der Waals surface area contributed by atoms with Gasteiger partial charge in [-0.1, -0.05) is 23.7 Å². The molecule has 0 aliphatic rings. The first-order valence-corrected chi connectivity index (χ1v) is 14.2. The molecule has 0 fully saturated rings. The van der Waals surface area contributed by atoms with Crippen molar-refractivity contribution in [2.24, 2.45) is 5.10 Å². The van der Waals surface area contributed by atoms with E-state index in [-0.39, 0.29) is 16.4 Å². The predicted octanol–water partition coefficient (Wildman–Crippen LogP) is 5.63. The van der Waals surface area contributed by atoms with Crippen LogP contribution in [0.1, 0.15) is 23.9 Å². The summed E-state index contributed by atoms with van der Waals surface area (Å²) in [5.74, 6) is -0.458. The van der Waals surface area contributed by atoms with Gasteiger partial charge < -0.3 is 9.30 Å². The Bertz CT molecular complexity index is 1640. The van der Waals surface area contributed by atoms with E-state index in [1.165, 1.54) is 36.5 Å². The van der Waals surface area contributed by atoms with Gasteiger partial charge in [-0.05, 0) is 87.5 Å². The van der Waals surface area contributed by atoms with E-state index in [1.54, 1.807) is 47.0 Å². The van der Waals surface area contributed by atoms with Crippen molar-refractivity contribution in [3.05, 3.63) is 107 Å². The van der Waals surface area contributed by atoms with Crippen molar-refractivity contribution in [3.8, 4) is 11.4 Å². The Labute approximate surface area is 237 Å². The Kier molecular flexibility index (Phi) is 8.91. The first-order chi connectivity index (χ1) is 19.1. The number of aryl methyl sites for hydroxylation is 1. The minimum Gasteiger partial charge on any atom is -0.494 e. The van der Waals surface area contributed by atoms with Gasteiger partial charge >= 0.3 is 0 Å². The Morgan fingerprint density at radius 1 is 1.07 bits per heavy atom. The number of anilines is 1. The van der Waals surface area contributed by atoms with Gasteiger partial charge in [0.2, 0.25) is 0 Å². The van der Waals surface area contributed by atoms with Crippen LogP contribution in [-0.2, 0) is 14.8 Å². The molecule has 0 saturated carbocycles. The molecule has 0 radical (unpaired) electrons. The predicted molar refractivity (Wildman–Crippen MR) is 155 cm³/mol. The van der Waals surface area contributed by atoms with Crippen molar-refractivity contribution in [3.63, 3.8) is 0 Å². The molecule has 0 unspecified atom stereocenters. The highest BCUT2D eigenvalue weighted by Gasteiger charge is 2.27. The number of carbonyl (C=O) groups is 1. The normalized spacial score (nSPS) is 11.5. The van der Waals surface area contributed by atoms with Crippen molar-refractivity contribution in [1.82, 2.24) is 9.99 Å². The van der Waals surface area contributed by atoms with Crippen LogP contribution in [0.15, 0.2) is 88.9 Å². The van der Waals surface area contributed by atoms with E-state index in [0.717, 1.165) is 15.7 Å². The maximum atomic E-state index is 14.4. The van der Waals surface area contributed by atoms with Gasteiger partial charge in [-0.15, -0.1) is 0 Å². The van der Waals surface area contributed by atoms with Crippen molar-refractivity contribution >= 4 is 39.4 Å². The SMILES string of the molecule is CCOc1ccc(N(CC(=O)N/N=C\c2cc(C)n(-c3ccccc3F)c2C)S(=O)(=O)c2ccc(Cl)cc2)cc1. The largest absolute Gasteiger partial charge is 0.494 e. The molecule has 3 aromatic carbocycles. The molecule has 1 N–H and O–H groups in total. The fraction of sp³-hybridized carbons (Fsp3) is 0.172. The molecule has 40 heavy (non-hydrogen) atoms. The number of benzene rings is 3. The molecular formula is C29H28ClFN4O4S. The van der Waals surface area contributed by atoms with Gasteiger partial charge in [0, 0.05) is 22.0 Å². The third-order valence-electron chi connectivity index (χ3n) is 6.08. The van der Waals surface area contributed by atoms with Gasteiger partial charge in [0.05, 0.1) is 29.1 Å². The molecule has 4 aromatic rings. The second-order valence-electron chi connectivity index (χ2n) is 8.80. The Morgan fingerprint density at radius 3 is 2.40 bits per heavy atom. The van der Waals surface area contributed by atoms with Gasteiger partial charge in [-0.3, -0.25) is 9.10 Å². The summed E-state index contributed by atoms with van der Waals surface area (Å²) in [7, 11) is -4.13. The van der Waals surface area contributed by atoms with Gasteiger partial charge in [0.15, 0.2) is 0 Å². The zero-order chi connectivity index (χ0) is 28.9. The average molecular weight is 583 g/mol. The highest BCUT2D eigenvalue weighted by atomic mass is 35.5. The average Bonchev–Trinajstić information content (AvgIpc) is 3.21. The maximum Gasteiger partial charge on any atom is 0.264 e. The number of sulfonamides is 1. The number of hydrazone groups is 1. The molecule has 4 rings (SSSR count). The van der Waals surface area contributed by atoms with E-state index in [1.807, 2.05) is 26.8 Å². The number of hydrogen-bond acceptors (Lipinski definition) is 5. The molecule has 0 saturated heterocycles. The van der Waals surface area contributed by atoms with Crippen molar-refractivity contribution in [2.75, 3.05) is 17.5 Å². The lowest BCUT2D eigenvalue weighted by atomic mass is 10.2. The van der Waals surface area contributed by atoms with Crippen LogP contribution in [0.25, 0.3) is 5.69 Å². The Balaban J connectivity index is 1.56. The topological polar surface area (TPSA) is 93.0 Å². The van der Waals surface area contributed by atoms with E-state index >= 15 is 0 Å². The first-order valence-electron chi connectivity index (χ1n) is 12.4. The minimum atomic E-state index is -4.13. The highest BCUT2D eigenvalue weighted by Crippen LogP contribution is 2.27. The van der Waals surface area contributed by atoms with E-state index in [4.69, 9.17) is 16.3 Å². The molecule has 0 aliphatic carbocycles. The smallest absolute Gasteiger partial charge is 0.264 e. The number of aromatic nitrogens is 1. The molecule has 1 amide bonds. The van der Waals surface area contributed by atoms with Gasteiger partial charge in [0.1, 0.15) is 18.1 Å². The van der Waals surface area contributed by atoms with E-state index in [0.29, 0.717) is 28.6 Å². The molecule has 1 aromatic heterocycles. The number of nitrogens with one attached hydrogen (secondary N) is 1. The van der Waals surface area contributed by atoms with Gasteiger partial charge in [-0.25, -0.2) is 18.2 Å². The van der Waals surface area contributed by atoms with E-state index < -0.39 is 22.5 Å². The quantitative estimate of drug-likeness (QED) is 0.194. The number of halogens is 2. The number of ether oxygens (including phenoxy) is 1. The number of para-hydroxylation sites is 1. The summed E-state index contributed by atoms with van der Waals surface area (Å²) in [6, 6.07) is 20.3. The minimum absolute atomic E-state index is 0.0253. The van der Waals surface area contributed by atoms with Crippen LogP contribution >= 0.6 is 11.6 Å². The summed E-state index contributed by atoms with van der Waals surface area (Å²) in [4.78, 5) is 12.9. The van der Waals surface area contributed by atoms with Gasteiger partial charge in [-0.2, -0.15) is 5.10 Å². The molecule has 0 atom stereocenters. The summed E-state index contributed by atoms with van der Waals surface area (Å²) in [6.45, 7) is 5.41. The molecule has 208 valence electrons. The summed E-state index contributed by atoms with van der Waals surface area (Å²) in [5.41, 5.74) is 5.24. The monoisotopic (exact) mass is 582 g/mol. The van der Waals surface area contributed by atoms with Crippen molar-refractivity contribution in [2.45, 2.75) is 25.7 Å². The molecule has 0 spiro atoms. The molecule has 8 nitrogen and oxygen atoms in total. The van der Waals surface area contributed by atoms with Crippen LogP contribution in [-0.4, -0.2) is 38.3 Å². The summed E-state index contributed by atoms with van der Waals surface area (Å²) >= 11 is 5.94. The van der Waals surface area contributed by atoms with E-state index in [9.17, 15) is 17.6 Å². The van der Waals surface area contributed by atoms with E-state index in [2.05, 4.69) is 10.5 Å². The number of carbonyl (C=O) groups excluding carboxylic acids is 1. The first kappa shape index (κ1) is 28.8. The number of rotatable bonds is 10. The Hall–Kier alpha value is -4.15. The van der Waals surface area contributed by atoms with Crippen LogP contribution in [0.5, 0.6) is 5.75 Å².